The fraction of sp³-hybridized carbons (Fsp3) is 0.158. The number of fused-ring (bicyclic) bond motifs is 1. The zero-order chi connectivity index (χ0) is 18.5. The van der Waals surface area contributed by atoms with Crippen LogP contribution in [0.3, 0.4) is 0 Å². The number of rotatable bonds is 5. The smallest absolute Gasteiger partial charge is 0.248 e. The summed E-state index contributed by atoms with van der Waals surface area (Å²) >= 11 is 6.11. The van der Waals surface area contributed by atoms with Gasteiger partial charge >= 0.3 is 0 Å². The second-order valence-corrected chi connectivity index (χ2v) is 6.01. The SMILES string of the molecule is CNC(=O)Cc1ccc(NC(=O)/C=C/c2cc(Cl)c3c(c2)OCO3)cc1. The minimum Gasteiger partial charge on any atom is -0.454 e. The predicted octanol–water partition coefficient (Wildman–Crippen LogP) is 3.01. The van der Waals surface area contributed by atoms with E-state index in [1.54, 1.807) is 49.5 Å². The van der Waals surface area contributed by atoms with E-state index < -0.39 is 0 Å². The maximum Gasteiger partial charge on any atom is 0.248 e. The molecule has 2 aromatic carbocycles. The molecule has 26 heavy (non-hydrogen) atoms. The first-order valence-corrected chi connectivity index (χ1v) is 8.30. The van der Waals surface area contributed by atoms with Crippen molar-refractivity contribution in [3.63, 3.8) is 0 Å². The minimum atomic E-state index is -0.280. The van der Waals surface area contributed by atoms with Crippen molar-refractivity contribution in [2.75, 3.05) is 19.2 Å². The fourth-order valence-corrected chi connectivity index (χ4v) is 2.69. The van der Waals surface area contributed by atoms with Crippen molar-refractivity contribution < 1.29 is 19.1 Å². The molecular formula is C19H17ClN2O4. The van der Waals surface area contributed by atoms with Crippen LogP contribution in [0.2, 0.25) is 5.02 Å². The van der Waals surface area contributed by atoms with Gasteiger partial charge in [-0.25, -0.2) is 0 Å². The summed E-state index contributed by atoms with van der Waals surface area (Å²) in [4.78, 5) is 23.4. The van der Waals surface area contributed by atoms with Crippen LogP contribution in [0.15, 0.2) is 42.5 Å². The number of carbonyl (C=O) groups is 2. The van der Waals surface area contributed by atoms with Crippen LogP contribution in [0.1, 0.15) is 11.1 Å². The number of carbonyl (C=O) groups excluding carboxylic acids is 2. The molecule has 0 bridgehead atoms. The highest BCUT2D eigenvalue weighted by Crippen LogP contribution is 2.40. The Morgan fingerprint density at radius 3 is 2.69 bits per heavy atom. The molecule has 0 aromatic heterocycles. The highest BCUT2D eigenvalue weighted by Gasteiger charge is 2.17. The number of hydrogen-bond acceptors (Lipinski definition) is 4. The molecule has 1 aliphatic heterocycles. The number of halogens is 1. The maximum atomic E-state index is 12.1. The van der Waals surface area contributed by atoms with Crippen LogP contribution in [-0.4, -0.2) is 25.7 Å². The average molecular weight is 373 g/mol. The monoisotopic (exact) mass is 372 g/mol. The first-order chi connectivity index (χ1) is 12.5. The maximum absolute atomic E-state index is 12.1. The molecule has 0 saturated carbocycles. The molecule has 0 aliphatic carbocycles. The van der Waals surface area contributed by atoms with Crippen molar-refractivity contribution >= 4 is 35.2 Å². The summed E-state index contributed by atoms with van der Waals surface area (Å²) in [6, 6.07) is 10.6. The normalized spacial score (nSPS) is 12.2. The molecule has 0 unspecified atom stereocenters. The third kappa shape index (κ3) is 4.34. The lowest BCUT2D eigenvalue weighted by atomic mass is 10.1. The molecule has 0 radical (unpaired) electrons. The molecule has 0 fully saturated rings. The number of nitrogens with one attached hydrogen (secondary N) is 2. The number of hydrogen-bond donors (Lipinski definition) is 2. The van der Waals surface area contributed by atoms with Gasteiger partial charge in [-0.15, -0.1) is 0 Å². The molecule has 2 amide bonds. The Labute approximate surface area is 155 Å². The lowest BCUT2D eigenvalue weighted by molar-refractivity contribution is -0.120. The standard InChI is InChI=1S/C19H17ClN2O4/c1-21-18(24)10-12-2-5-14(6-3-12)22-17(23)7-4-13-8-15(20)19-16(9-13)25-11-26-19/h2-9H,10-11H2,1H3,(H,21,24)(H,22,23)/b7-4+. The minimum absolute atomic E-state index is 0.0629. The van der Waals surface area contributed by atoms with Crippen molar-refractivity contribution in [1.82, 2.24) is 5.32 Å². The summed E-state index contributed by atoms with van der Waals surface area (Å²) in [7, 11) is 1.59. The molecule has 2 N–H and O–H groups in total. The van der Waals surface area contributed by atoms with Gasteiger partial charge in [-0.2, -0.15) is 0 Å². The Balaban J connectivity index is 1.61. The molecule has 2 aromatic rings. The van der Waals surface area contributed by atoms with Gasteiger partial charge in [-0.1, -0.05) is 23.7 Å². The highest BCUT2D eigenvalue weighted by atomic mass is 35.5. The first-order valence-electron chi connectivity index (χ1n) is 7.93. The second-order valence-electron chi connectivity index (χ2n) is 5.61. The average Bonchev–Trinajstić information content (AvgIpc) is 3.11. The van der Waals surface area contributed by atoms with Crippen LogP contribution in [0.4, 0.5) is 5.69 Å². The van der Waals surface area contributed by atoms with E-state index in [1.165, 1.54) is 6.08 Å². The van der Waals surface area contributed by atoms with E-state index in [0.29, 0.717) is 28.6 Å². The van der Waals surface area contributed by atoms with Crippen LogP contribution in [-0.2, 0) is 16.0 Å². The van der Waals surface area contributed by atoms with Crippen molar-refractivity contribution in [3.8, 4) is 11.5 Å². The molecule has 6 nitrogen and oxygen atoms in total. The van der Waals surface area contributed by atoms with Crippen LogP contribution in [0.25, 0.3) is 6.08 Å². The Hall–Kier alpha value is -2.99. The van der Waals surface area contributed by atoms with Crippen molar-refractivity contribution in [1.29, 1.82) is 0 Å². The third-order valence-corrected chi connectivity index (χ3v) is 4.02. The molecule has 7 heteroatoms. The van der Waals surface area contributed by atoms with Gasteiger partial charge in [0.1, 0.15) is 0 Å². The molecular weight excluding hydrogens is 356 g/mol. The summed E-state index contributed by atoms with van der Waals surface area (Å²) in [6.07, 6.45) is 3.35. The van der Waals surface area contributed by atoms with Crippen molar-refractivity contribution in [2.24, 2.45) is 0 Å². The Morgan fingerprint density at radius 2 is 1.96 bits per heavy atom. The molecule has 1 aliphatic rings. The fourth-order valence-electron chi connectivity index (χ4n) is 2.42. The van der Waals surface area contributed by atoms with E-state index in [-0.39, 0.29) is 18.6 Å². The van der Waals surface area contributed by atoms with Gasteiger partial charge in [0, 0.05) is 18.8 Å². The Morgan fingerprint density at radius 1 is 1.19 bits per heavy atom. The van der Waals surface area contributed by atoms with Crippen molar-refractivity contribution in [3.05, 3.63) is 58.6 Å². The van der Waals surface area contributed by atoms with Gasteiger partial charge in [0.25, 0.3) is 0 Å². The van der Waals surface area contributed by atoms with E-state index in [2.05, 4.69) is 10.6 Å². The van der Waals surface area contributed by atoms with Gasteiger partial charge in [0.2, 0.25) is 18.6 Å². The van der Waals surface area contributed by atoms with E-state index in [1.807, 2.05) is 0 Å². The van der Waals surface area contributed by atoms with Gasteiger partial charge in [-0.3, -0.25) is 9.59 Å². The third-order valence-electron chi connectivity index (χ3n) is 3.74. The van der Waals surface area contributed by atoms with Gasteiger partial charge in [0.15, 0.2) is 11.5 Å². The zero-order valence-corrected chi connectivity index (χ0v) is 14.8. The van der Waals surface area contributed by atoms with E-state index >= 15 is 0 Å². The van der Waals surface area contributed by atoms with Gasteiger partial charge in [0.05, 0.1) is 11.4 Å². The highest BCUT2D eigenvalue weighted by molar-refractivity contribution is 6.32. The van der Waals surface area contributed by atoms with E-state index in [4.69, 9.17) is 21.1 Å². The van der Waals surface area contributed by atoms with Gasteiger partial charge < -0.3 is 20.1 Å². The molecule has 3 rings (SSSR count). The van der Waals surface area contributed by atoms with Crippen LogP contribution >= 0.6 is 11.6 Å². The van der Waals surface area contributed by atoms with Gasteiger partial charge in [-0.05, 0) is 41.5 Å². The number of benzene rings is 2. The molecule has 134 valence electrons. The Bertz CT molecular complexity index is 863. The zero-order valence-electron chi connectivity index (χ0n) is 14.0. The van der Waals surface area contributed by atoms with Crippen LogP contribution in [0, 0.1) is 0 Å². The molecule has 0 spiro atoms. The van der Waals surface area contributed by atoms with E-state index in [0.717, 1.165) is 11.1 Å². The van der Waals surface area contributed by atoms with Crippen LogP contribution in [0.5, 0.6) is 11.5 Å². The quantitative estimate of drug-likeness (QED) is 0.791. The topological polar surface area (TPSA) is 76.7 Å². The number of ether oxygens (including phenoxy) is 2. The molecule has 1 heterocycles. The lowest BCUT2D eigenvalue weighted by Crippen LogP contribution is -2.19. The summed E-state index contributed by atoms with van der Waals surface area (Å²) in [5.41, 5.74) is 2.24. The number of amides is 2. The molecule has 0 atom stereocenters. The van der Waals surface area contributed by atoms with Crippen LogP contribution < -0.4 is 20.1 Å². The summed E-state index contributed by atoms with van der Waals surface area (Å²) < 4.78 is 10.5. The predicted molar refractivity (Wildman–Crippen MR) is 99.5 cm³/mol. The second kappa shape index (κ2) is 7.93. The summed E-state index contributed by atoms with van der Waals surface area (Å²) in [6.45, 7) is 0.138. The lowest BCUT2D eigenvalue weighted by Gasteiger charge is -2.05. The van der Waals surface area contributed by atoms with E-state index in [9.17, 15) is 9.59 Å². The summed E-state index contributed by atoms with van der Waals surface area (Å²) in [5, 5.41) is 5.76. The number of anilines is 1. The van der Waals surface area contributed by atoms with Crippen molar-refractivity contribution in [2.45, 2.75) is 6.42 Å². The summed E-state index contributed by atoms with van der Waals surface area (Å²) in [5.74, 6) is 0.735. The molecule has 0 saturated heterocycles. The number of likely N-dealkylation sites (N-methyl/N-ethyl adjacent to an activating group) is 1. The Kier molecular flexibility index (Phi) is 5.43. The first kappa shape index (κ1) is 17.8. The largest absolute Gasteiger partial charge is 0.454 e.